The van der Waals surface area contributed by atoms with Gasteiger partial charge in [-0.1, -0.05) is 60.7 Å². The normalized spacial score (nSPS) is 16.4. The van der Waals surface area contributed by atoms with E-state index in [0.29, 0.717) is 25.4 Å². The van der Waals surface area contributed by atoms with Gasteiger partial charge in [0.1, 0.15) is 5.75 Å². The third-order valence-corrected chi connectivity index (χ3v) is 8.87. The van der Waals surface area contributed by atoms with E-state index in [1.165, 1.54) is 9.87 Å². The highest BCUT2D eigenvalue weighted by Gasteiger charge is 2.29. The number of para-hydroxylation sites is 1. The lowest BCUT2D eigenvalue weighted by Crippen LogP contribution is -2.49. The van der Waals surface area contributed by atoms with Gasteiger partial charge in [-0.3, -0.25) is 14.0 Å². The summed E-state index contributed by atoms with van der Waals surface area (Å²) in [5.41, 5.74) is 2.98. The number of hydrogen-bond acceptors (Lipinski definition) is 5. The van der Waals surface area contributed by atoms with E-state index < -0.39 is 10.0 Å². The Labute approximate surface area is 225 Å². The molecule has 0 unspecified atom stereocenters. The Morgan fingerprint density at radius 1 is 0.842 bits per heavy atom. The summed E-state index contributed by atoms with van der Waals surface area (Å²) in [6.07, 6.45) is 5.94. The molecule has 1 saturated heterocycles. The second kappa shape index (κ2) is 11.8. The monoisotopic (exact) mass is 531 g/mol. The van der Waals surface area contributed by atoms with Crippen LogP contribution in [0.2, 0.25) is 0 Å². The molecule has 1 amide bonds. The van der Waals surface area contributed by atoms with Crippen molar-refractivity contribution in [1.82, 2.24) is 9.80 Å². The fourth-order valence-electron chi connectivity index (χ4n) is 4.90. The van der Waals surface area contributed by atoms with E-state index in [2.05, 4.69) is 29.2 Å². The average Bonchev–Trinajstić information content (AvgIpc) is 2.97. The number of carbonyl (C=O) groups is 1. The second-order valence-electron chi connectivity index (χ2n) is 9.56. The molecule has 2 aliphatic heterocycles. The summed E-state index contributed by atoms with van der Waals surface area (Å²) in [6.45, 7) is 4.20. The van der Waals surface area contributed by atoms with Crippen molar-refractivity contribution in [1.29, 1.82) is 0 Å². The Hall–Kier alpha value is -3.62. The quantitative estimate of drug-likeness (QED) is 0.439. The first kappa shape index (κ1) is 26.0. The second-order valence-corrected chi connectivity index (χ2v) is 11.4. The van der Waals surface area contributed by atoms with Crippen molar-refractivity contribution in [2.45, 2.75) is 17.7 Å². The zero-order valence-corrected chi connectivity index (χ0v) is 22.2. The van der Waals surface area contributed by atoms with E-state index in [0.717, 1.165) is 43.7 Å². The van der Waals surface area contributed by atoms with Crippen molar-refractivity contribution in [3.8, 4) is 5.75 Å². The van der Waals surface area contributed by atoms with Crippen LogP contribution in [0.1, 0.15) is 17.5 Å². The molecule has 0 aromatic heterocycles. The summed E-state index contributed by atoms with van der Waals surface area (Å²) in [5, 5.41) is 0. The molecule has 8 heteroatoms. The number of anilines is 1. The Morgan fingerprint density at radius 3 is 2.32 bits per heavy atom. The van der Waals surface area contributed by atoms with Gasteiger partial charge in [0.25, 0.3) is 15.9 Å². The van der Waals surface area contributed by atoms with Gasteiger partial charge in [-0.05, 0) is 54.3 Å². The topological polar surface area (TPSA) is 70.2 Å². The van der Waals surface area contributed by atoms with Crippen LogP contribution in [0.4, 0.5) is 5.69 Å². The number of nitrogens with zero attached hydrogens (tertiary/aromatic N) is 3. The predicted molar refractivity (Wildman–Crippen MR) is 150 cm³/mol. The molecule has 0 saturated carbocycles. The zero-order valence-electron chi connectivity index (χ0n) is 21.4. The Morgan fingerprint density at radius 2 is 1.55 bits per heavy atom. The number of fused-ring (bicyclic) bond motifs is 1. The lowest BCUT2D eigenvalue weighted by Gasteiger charge is -2.34. The molecular weight excluding hydrogens is 498 g/mol. The van der Waals surface area contributed by atoms with Gasteiger partial charge < -0.3 is 9.64 Å². The Balaban J connectivity index is 1.10. The largest absolute Gasteiger partial charge is 0.484 e. The summed E-state index contributed by atoms with van der Waals surface area (Å²) in [7, 11) is -3.68. The minimum absolute atomic E-state index is 0.0638. The number of benzene rings is 3. The first-order valence-electron chi connectivity index (χ1n) is 13.1. The molecule has 1 fully saturated rings. The lowest BCUT2D eigenvalue weighted by molar-refractivity contribution is -0.135. The van der Waals surface area contributed by atoms with E-state index in [4.69, 9.17) is 4.74 Å². The number of piperazine rings is 1. The van der Waals surface area contributed by atoms with Gasteiger partial charge in [0.2, 0.25) is 0 Å². The Bertz CT molecular complexity index is 1370. The van der Waals surface area contributed by atoms with Crippen LogP contribution in [-0.2, 0) is 21.2 Å². The number of sulfonamides is 1. The molecule has 0 spiro atoms. The minimum Gasteiger partial charge on any atom is -0.484 e. The standard InChI is InChI=1S/C30H33N3O4S/c34-30(32-22-20-31(21-23-32)18-6-10-25-8-2-1-3-9-25)24-37-27-14-16-28(17-15-27)38(35,36)33-19-7-12-26-11-4-5-13-29(26)33/h1-6,8-11,13-17H,7,12,18-24H2/b10-6+. The molecule has 7 nitrogen and oxygen atoms in total. The maximum atomic E-state index is 13.3. The van der Waals surface area contributed by atoms with E-state index in [1.807, 2.05) is 47.4 Å². The molecule has 2 heterocycles. The number of carbonyl (C=O) groups excluding carboxylic acids is 1. The van der Waals surface area contributed by atoms with Crippen molar-refractivity contribution < 1.29 is 17.9 Å². The molecule has 0 atom stereocenters. The fraction of sp³-hybridized carbons (Fsp3) is 0.300. The number of aryl methyl sites for hydroxylation is 1. The maximum absolute atomic E-state index is 13.3. The Kier molecular flexibility index (Phi) is 8.10. The SMILES string of the molecule is O=C(COc1ccc(S(=O)(=O)N2CCCc3ccccc32)cc1)N1CCN(C/C=C/c2ccccc2)CC1. The van der Waals surface area contributed by atoms with Crippen molar-refractivity contribution in [3.05, 3.63) is 96.1 Å². The van der Waals surface area contributed by atoms with Gasteiger partial charge in [0.05, 0.1) is 10.6 Å². The molecule has 0 bridgehead atoms. The summed E-state index contributed by atoms with van der Waals surface area (Å²) in [6, 6.07) is 24.2. The highest BCUT2D eigenvalue weighted by molar-refractivity contribution is 7.92. The van der Waals surface area contributed by atoms with Crippen molar-refractivity contribution >= 4 is 27.7 Å². The van der Waals surface area contributed by atoms with E-state index in [1.54, 1.807) is 24.3 Å². The molecule has 3 aromatic carbocycles. The number of amides is 1. The van der Waals surface area contributed by atoms with Gasteiger partial charge in [-0.2, -0.15) is 0 Å². The predicted octanol–water partition coefficient (Wildman–Crippen LogP) is 4.06. The van der Waals surface area contributed by atoms with Gasteiger partial charge >= 0.3 is 0 Å². The van der Waals surface area contributed by atoms with Crippen molar-refractivity contribution in [2.24, 2.45) is 0 Å². The van der Waals surface area contributed by atoms with Gasteiger partial charge in [0, 0.05) is 39.3 Å². The molecule has 38 heavy (non-hydrogen) atoms. The highest BCUT2D eigenvalue weighted by Crippen LogP contribution is 2.32. The van der Waals surface area contributed by atoms with E-state index in [-0.39, 0.29) is 17.4 Å². The third kappa shape index (κ3) is 6.09. The number of rotatable bonds is 8. The first-order valence-corrected chi connectivity index (χ1v) is 14.5. The highest BCUT2D eigenvalue weighted by atomic mass is 32.2. The minimum atomic E-state index is -3.68. The van der Waals surface area contributed by atoms with Crippen LogP contribution in [-0.4, -0.2) is 70.0 Å². The summed E-state index contributed by atoms with van der Waals surface area (Å²) >= 11 is 0. The molecule has 5 rings (SSSR count). The molecule has 198 valence electrons. The molecule has 0 aliphatic carbocycles. The van der Waals surface area contributed by atoms with Crippen LogP contribution in [0, 0.1) is 0 Å². The van der Waals surface area contributed by atoms with E-state index in [9.17, 15) is 13.2 Å². The summed E-state index contributed by atoms with van der Waals surface area (Å²) in [5.74, 6) is 0.409. The molecule has 3 aromatic rings. The molecular formula is C30H33N3O4S. The van der Waals surface area contributed by atoms with Gasteiger partial charge in [-0.15, -0.1) is 0 Å². The maximum Gasteiger partial charge on any atom is 0.264 e. The van der Waals surface area contributed by atoms with Gasteiger partial charge in [0.15, 0.2) is 6.61 Å². The summed E-state index contributed by atoms with van der Waals surface area (Å²) < 4.78 is 33.8. The lowest BCUT2D eigenvalue weighted by atomic mass is 10.0. The van der Waals surface area contributed by atoms with Crippen LogP contribution >= 0.6 is 0 Å². The van der Waals surface area contributed by atoms with Crippen LogP contribution in [0.5, 0.6) is 5.75 Å². The third-order valence-electron chi connectivity index (χ3n) is 7.04. The van der Waals surface area contributed by atoms with Gasteiger partial charge in [-0.25, -0.2) is 8.42 Å². The van der Waals surface area contributed by atoms with Crippen LogP contribution < -0.4 is 9.04 Å². The summed E-state index contributed by atoms with van der Waals surface area (Å²) in [4.78, 5) is 17.1. The van der Waals surface area contributed by atoms with Crippen molar-refractivity contribution in [2.75, 3.05) is 50.2 Å². The van der Waals surface area contributed by atoms with E-state index >= 15 is 0 Å². The van der Waals surface area contributed by atoms with Crippen LogP contribution in [0.15, 0.2) is 89.8 Å². The molecule has 0 radical (unpaired) electrons. The smallest absolute Gasteiger partial charge is 0.264 e. The molecule has 2 aliphatic rings. The zero-order chi connectivity index (χ0) is 26.4. The van der Waals surface area contributed by atoms with Crippen LogP contribution in [0.3, 0.4) is 0 Å². The number of ether oxygens (including phenoxy) is 1. The average molecular weight is 532 g/mol. The van der Waals surface area contributed by atoms with Crippen molar-refractivity contribution in [3.63, 3.8) is 0 Å². The fourth-order valence-corrected chi connectivity index (χ4v) is 6.44. The molecule has 0 N–H and O–H groups in total. The first-order chi connectivity index (χ1) is 18.5. The van der Waals surface area contributed by atoms with Crippen LogP contribution in [0.25, 0.3) is 6.08 Å². The number of hydrogen-bond donors (Lipinski definition) is 0.